The molecule has 1 aliphatic rings. The molecule has 2 rings (SSSR count). The molecule has 2 N–H and O–H groups in total. The van der Waals surface area contributed by atoms with Crippen molar-refractivity contribution in [1.82, 2.24) is 4.90 Å². The Morgan fingerprint density at radius 1 is 1.29 bits per heavy atom. The summed E-state index contributed by atoms with van der Waals surface area (Å²) in [5.74, 6) is -0.681. The van der Waals surface area contributed by atoms with Crippen LogP contribution in [0.1, 0.15) is 12.5 Å². The summed E-state index contributed by atoms with van der Waals surface area (Å²) in [6.45, 7) is 1.25. The maximum absolute atomic E-state index is 13.2. The number of carbonyl (C=O) groups excluding carboxylic acids is 3. The second kappa shape index (κ2) is 7.12. The summed E-state index contributed by atoms with van der Waals surface area (Å²) in [6, 6.07) is 3.06. The van der Waals surface area contributed by atoms with Crippen molar-refractivity contribution in [1.29, 1.82) is 0 Å². The quantitative estimate of drug-likeness (QED) is 0.864. The van der Waals surface area contributed by atoms with Gasteiger partial charge in [0.15, 0.2) is 0 Å². The van der Waals surface area contributed by atoms with Gasteiger partial charge in [0.05, 0.1) is 11.3 Å². The summed E-state index contributed by atoms with van der Waals surface area (Å²) < 4.78 is 39.5. The molecular weight excluding hydrogens is 347 g/mol. The van der Waals surface area contributed by atoms with Crippen molar-refractivity contribution in [3.63, 3.8) is 0 Å². The highest BCUT2D eigenvalue weighted by Crippen LogP contribution is 2.36. The van der Waals surface area contributed by atoms with Crippen LogP contribution in [-0.2, 0) is 15.8 Å². The summed E-state index contributed by atoms with van der Waals surface area (Å²) in [4.78, 5) is 35.6. The van der Waals surface area contributed by atoms with Crippen molar-refractivity contribution in [3.8, 4) is 0 Å². The molecule has 24 heavy (non-hydrogen) atoms. The fourth-order valence-corrected chi connectivity index (χ4v) is 2.93. The van der Waals surface area contributed by atoms with Crippen molar-refractivity contribution in [2.45, 2.75) is 13.1 Å². The van der Waals surface area contributed by atoms with E-state index in [-0.39, 0.29) is 17.5 Å². The Hall–Kier alpha value is -2.23. The lowest BCUT2D eigenvalue weighted by Gasteiger charge is -2.18. The topological polar surface area (TPSA) is 78.5 Å². The highest BCUT2D eigenvalue weighted by atomic mass is 32.2. The minimum absolute atomic E-state index is 0.0288. The normalized spacial score (nSPS) is 14.7. The van der Waals surface area contributed by atoms with Crippen LogP contribution in [0.3, 0.4) is 0 Å². The lowest BCUT2D eigenvalue weighted by atomic mass is 10.1. The molecule has 0 saturated carbocycles. The zero-order valence-electron chi connectivity index (χ0n) is 12.6. The standard InChI is InChI=1S/C14H14F3N3O3S/c1-8(21)18-9-2-3-11(10(6-9)14(15,16)17)19-12(22)7-20-4-5-24-13(20)23/h2-3,6H,4-5,7H2,1H3,(H,18,21)(H,19,22). The van der Waals surface area contributed by atoms with Crippen molar-refractivity contribution >= 4 is 40.2 Å². The first-order chi connectivity index (χ1) is 11.2. The molecule has 1 saturated heterocycles. The van der Waals surface area contributed by atoms with E-state index < -0.39 is 29.2 Å². The molecule has 0 radical (unpaired) electrons. The van der Waals surface area contributed by atoms with Gasteiger partial charge in [-0.05, 0) is 18.2 Å². The van der Waals surface area contributed by atoms with Crippen LogP contribution in [-0.4, -0.2) is 40.8 Å². The second-order valence-electron chi connectivity index (χ2n) is 5.02. The van der Waals surface area contributed by atoms with Gasteiger partial charge in [0.2, 0.25) is 11.8 Å². The SMILES string of the molecule is CC(=O)Nc1ccc(NC(=O)CN2CCSC2=O)c(C(F)(F)F)c1. The highest BCUT2D eigenvalue weighted by Gasteiger charge is 2.34. The van der Waals surface area contributed by atoms with E-state index >= 15 is 0 Å². The lowest BCUT2D eigenvalue weighted by molar-refractivity contribution is -0.137. The molecule has 0 bridgehead atoms. The molecule has 1 heterocycles. The first-order valence-corrected chi connectivity index (χ1v) is 7.86. The summed E-state index contributed by atoms with van der Waals surface area (Å²) >= 11 is 1.06. The number of benzene rings is 1. The molecule has 0 aliphatic carbocycles. The number of amides is 3. The Bertz CT molecular complexity index is 679. The number of carbonyl (C=O) groups is 3. The van der Waals surface area contributed by atoms with Crippen LogP contribution in [0.2, 0.25) is 0 Å². The van der Waals surface area contributed by atoms with E-state index in [1.807, 2.05) is 0 Å². The van der Waals surface area contributed by atoms with Gasteiger partial charge in [-0.3, -0.25) is 14.4 Å². The fraction of sp³-hybridized carbons (Fsp3) is 0.357. The monoisotopic (exact) mass is 361 g/mol. The molecular formula is C14H14F3N3O3S. The number of nitrogens with zero attached hydrogens (tertiary/aromatic N) is 1. The molecule has 1 aromatic rings. The minimum Gasteiger partial charge on any atom is -0.326 e. The molecule has 0 aromatic heterocycles. The smallest absolute Gasteiger partial charge is 0.326 e. The van der Waals surface area contributed by atoms with Crippen LogP contribution >= 0.6 is 11.8 Å². The summed E-state index contributed by atoms with van der Waals surface area (Å²) in [5, 5.41) is 4.15. The van der Waals surface area contributed by atoms with Crippen LogP contribution < -0.4 is 10.6 Å². The summed E-state index contributed by atoms with van der Waals surface area (Å²) in [7, 11) is 0. The van der Waals surface area contributed by atoms with Gasteiger partial charge in [-0.15, -0.1) is 0 Å². The summed E-state index contributed by atoms with van der Waals surface area (Å²) in [5.41, 5.74) is -1.54. The zero-order chi connectivity index (χ0) is 17.9. The maximum atomic E-state index is 13.2. The Morgan fingerprint density at radius 3 is 2.54 bits per heavy atom. The number of thioether (sulfide) groups is 1. The van der Waals surface area contributed by atoms with Gasteiger partial charge in [0.25, 0.3) is 5.24 Å². The number of hydrogen-bond acceptors (Lipinski definition) is 4. The molecule has 10 heteroatoms. The average molecular weight is 361 g/mol. The molecule has 1 aromatic carbocycles. The first-order valence-electron chi connectivity index (χ1n) is 6.87. The van der Waals surface area contributed by atoms with E-state index in [0.717, 1.165) is 23.9 Å². The van der Waals surface area contributed by atoms with Crippen molar-refractivity contribution in [3.05, 3.63) is 23.8 Å². The number of alkyl halides is 3. The summed E-state index contributed by atoms with van der Waals surface area (Å²) in [6.07, 6.45) is -4.71. The third-order valence-electron chi connectivity index (χ3n) is 3.10. The largest absolute Gasteiger partial charge is 0.418 e. The van der Waals surface area contributed by atoms with Gasteiger partial charge < -0.3 is 15.5 Å². The van der Waals surface area contributed by atoms with Gasteiger partial charge in [0.1, 0.15) is 6.54 Å². The van der Waals surface area contributed by atoms with Gasteiger partial charge >= 0.3 is 6.18 Å². The van der Waals surface area contributed by atoms with Crippen LogP contribution in [0, 0.1) is 0 Å². The van der Waals surface area contributed by atoms with Gasteiger partial charge in [-0.25, -0.2) is 0 Å². The van der Waals surface area contributed by atoms with Crippen LogP contribution in [0.5, 0.6) is 0 Å². The zero-order valence-corrected chi connectivity index (χ0v) is 13.4. The predicted molar refractivity (Wildman–Crippen MR) is 83.8 cm³/mol. The first kappa shape index (κ1) is 18.1. The molecule has 3 amide bonds. The molecule has 0 unspecified atom stereocenters. The molecule has 0 atom stereocenters. The van der Waals surface area contributed by atoms with Crippen molar-refractivity contribution in [2.24, 2.45) is 0 Å². The third-order valence-corrected chi connectivity index (χ3v) is 3.99. The second-order valence-corrected chi connectivity index (χ2v) is 6.07. The lowest BCUT2D eigenvalue weighted by Crippen LogP contribution is -2.33. The highest BCUT2D eigenvalue weighted by molar-refractivity contribution is 8.13. The van der Waals surface area contributed by atoms with E-state index in [0.29, 0.717) is 12.3 Å². The number of halogens is 3. The Labute approximate surface area is 139 Å². The van der Waals surface area contributed by atoms with E-state index in [1.54, 1.807) is 0 Å². The van der Waals surface area contributed by atoms with Crippen molar-refractivity contribution < 1.29 is 27.6 Å². The average Bonchev–Trinajstić information content (AvgIpc) is 2.84. The number of anilines is 2. The number of hydrogen-bond donors (Lipinski definition) is 2. The minimum atomic E-state index is -4.71. The maximum Gasteiger partial charge on any atom is 0.418 e. The molecule has 0 spiro atoms. The van der Waals surface area contributed by atoms with E-state index in [2.05, 4.69) is 10.6 Å². The Balaban J connectivity index is 2.17. The Morgan fingerprint density at radius 2 is 2.00 bits per heavy atom. The molecule has 130 valence electrons. The van der Waals surface area contributed by atoms with Crippen LogP contribution in [0.15, 0.2) is 18.2 Å². The number of nitrogens with one attached hydrogen (secondary N) is 2. The molecule has 1 aliphatic heterocycles. The van der Waals surface area contributed by atoms with E-state index in [4.69, 9.17) is 0 Å². The van der Waals surface area contributed by atoms with Crippen LogP contribution in [0.25, 0.3) is 0 Å². The van der Waals surface area contributed by atoms with Gasteiger partial charge in [0, 0.05) is 24.9 Å². The molecule has 6 nitrogen and oxygen atoms in total. The van der Waals surface area contributed by atoms with E-state index in [1.165, 1.54) is 17.9 Å². The predicted octanol–water partition coefficient (Wildman–Crippen LogP) is 2.77. The third kappa shape index (κ3) is 4.63. The fourth-order valence-electron chi connectivity index (χ4n) is 2.10. The Kier molecular flexibility index (Phi) is 5.37. The molecule has 1 fully saturated rings. The van der Waals surface area contributed by atoms with E-state index in [9.17, 15) is 27.6 Å². The van der Waals surface area contributed by atoms with Crippen molar-refractivity contribution in [2.75, 3.05) is 29.5 Å². The van der Waals surface area contributed by atoms with Gasteiger partial charge in [-0.2, -0.15) is 13.2 Å². The number of rotatable bonds is 4. The van der Waals surface area contributed by atoms with Gasteiger partial charge in [-0.1, -0.05) is 11.8 Å². The van der Waals surface area contributed by atoms with Crippen LogP contribution in [0.4, 0.5) is 29.3 Å².